The van der Waals surface area contributed by atoms with Gasteiger partial charge in [-0.15, -0.1) is 0 Å². The van der Waals surface area contributed by atoms with Crippen molar-refractivity contribution in [2.75, 3.05) is 13.1 Å². The quantitative estimate of drug-likeness (QED) is 0.233. The van der Waals surface area contributed by atoms with E-state index in [-0.39, 0.29) is 17.6 Å². The van der Waals surface area contributed by atoms with Gasteiger partial charge in [-0.1, -0.05) is 76.8 Å². The minimum Gasteiger partial charge on any atom is -0.508 e. The number of unbranched alkanes of at least 4 members (excludes halogenated alkanes) is 10. The van der Waals surface area contributed by atoms with Crippen molar-refractivity contribution in [2.24, 2.45) is 5.73 Å². The van der Waals surface area contributed by atoms with E-state index < -0.39 is 6.04 Å². The molecule has 1 rings (SSSR count). The SMILES string of the molecule is CCCC(=O)N[C@@H](Cc1ccc(O)cc1)C(=O)NCCCCCCCCCCCCCN. The van der Waals surface area contributed by atoms with E-state index in [0.29, 0.717) is 19.4 Å². The third-order valence-corrected chi connectivity index (χ3v) is 5.69. The molecule has 182 valence electrons. The Bertz CT molecular complexity index is 619. The number of phenols is 1. The van der Waals surface area contributed by atoms with Crippen LogP contribution in [0.15, 0.2) is 24.3 Å². The topological polar surface area (TPSA) is 104 Å². The van der Waals surface area contributed by atoms with Gasteiger partial charge in [-0.05, 0) is 43.5 Å². The molecule has 0 radical (unpaired) electrons. The zero-order valence-electron chi connectivity index (χ0n) is 20.0. The third kappa shape index (κ3) is 14.1. The molecule has 0 unspecified atom stereocenters. The van der Waals surface area contributed by atoms with Crippen LogP contribution in [-0.4, -0.2) is 36.1 Å². The molecule has 0 fully saturated rings. The maximum Gasteiger partial charge on any atom is 0.242 e. The molecule has 0 aliphatic rings. The Labute approximate surface area is 194 Å². The van der Waals surface area contributed by atoms with Crippen molar-refractivity contribution in [3.8, 4) is 5.75 Å². The van der Waals surface area contributed by atoms with Crippen LogP contribution < -0.4 is 16.4 Å². The van der Waals surface area contributed by atoms with E-state index in [1.54, 1.807) is 24.3 Å². The lowest BCUT2D eigenvalue weighted by Crippen LogP contribution is -2.48. The van der Waals surface area contributed by atoms with Gasteiger partial charge in [-0.3, -0.25) is 9.59 Å². The van der Waals surface area contributed by atoms with Gasteiger partial charge < -0.3 is 21.5 Å². The molecule has 2 amide bonds. The van der Waals surface area contributed by atoms with Gasteiger partial charge in [-0.25, -0.2) is 0 Å². The molecule has 5 N–H and O–H groups in total. The maximum atomic E-state index is 12.7. The van der Waals surface area contributed by atoms with Crippen LogP contribution in [0.2, 0.25) is 0 Å². The number of benzene rings is 1. The third-order valence-electron chi connectivity index (χ3n) is 5.69. The van der Waals surface area contributed by atoms with E-state index >= 15 is 0 Å². The summed E-state index contributed by atoms with van der Waals surface area (Å²) >= 11 is 0. The van der Waals surface area contributed by atoms with Gasteiger partial charge in [0.2, 0.25) is 11.8 Å². The van der Waals surface area contributed by atoms with Crippen molar-refractivity contribution in [1.29, 1.82) is 0 Å². The number of carbonyl (C=O) groups is 2. The van der Waals surface area contributed by atoms with E-state index in [4.69, 9.17) is 5.73 Å². The van der Waals surface area contributed by atoms with E-state index in [9.17, 15) is 14.7 Å². The van der Waals surface area contributed by atoms with Gasteiger partial charge in [-0.2, -0.15) is 0 Å². The number of aromatic hydroxyl groups is 1. The summed E-state index contributed by atoms with van der Waals surface area (Å²) in [5.74, 6) is -0.0600. The van der Waals surface area contributed by atoms with Crippen LogP contribution in [0, 0.1) is 0 Å². The molecule has 0 aliphatic carbocycles. The fourth-order valence-corrected chi connectivity index (χ4v) is 3.77. The first-order chi connectivity index (χ1) is 15.6. The molecular formula is C26H45N3O3. The van der Waals surface area contributed by atoms with Gasteiger partial charge in [0.25, 0.3) is 0 Å². The summed E-state index contributed by atoms with van der Waals surface area (Å²) in [6.45, 7) is 3.39. The molecule has 1 atom stereocenters. The first-order valence-corrected chi connectivity index (χ1v) is 12.6. The van der Waals surface area contributed by atoms with Crippen LogP contribution in [0.1, 0.15) is 96.0 Å². The van der Waals surface area contributed by atoms with Crippen molar-refractivity contribution in [2.45, 2.75) is 103 Å². The highest BCUT2D eigenvalue weighted by Crippen LogP contribution is 2.13. The molecule has 0 spiro atoms. The zero-order valence-corrected chi connectivity index (χ0v) is 20.0. The Morgan fingerprint density at radius 1 is 0.875 bits per heavy atom. The Morgan fingerprint density at radius 3 is 1.94 bits per heavy atom. The summed E-state index contributed by atoms with van der Waals surface area (Å²) < 4.78 is 0. The second-order valence-corrected chi connectivity index (χ2v) is 8.71. The molecule has 0 saturated carbocycles. The number of rotatable bonds is 19. The van der Waals surface area contributed by atoms with Gasteiger partial charge in [0.1, 0.15) is 11.8 Å². The normalized spacial score (nSPS) is 11.8. The average Bonchev–Trinajstić information content (AvgIpc) is 2.78. The van der Waals surface area contributed by atoms with Crippen molar-refractivity contribution in [3.05, 3.63) is 29.8 Å². The highest BCUT2D eigenvalue weighted by Gasteiger charge is 2.20. The van der Waals surface area contributed by atoms with E-state index in [1.807, 2.05) is 6.92 Å². The standard InChI is InChI=1S/C26H45N3O3/c1-2-14-25(31)29-24(21-22-15-17-23(30)18-16-22)26(32)28-20-13-11-9-7-5-3-4-6-8-10-12-19-27/h15-18,24,30H,2-14,19-21,27H2,1H3,(H,28,32)(H,29,31)/t24-/m0/s1. The lowest BCUT2D eigenvalue weighted by atomic mass is 10.0. The van der Waals surface area contributed by atoms with E-state index in [1.165, 1.54) is 51.4 Å². The molecule has 6 nitrogen and oxygen atoms in total. The zero-order chi connectivity index (χ0) is 23.4. The number of hydrogen-bond donors (Lipinski definition) is 4. The minimum atomic E-state index is -0.594. The van der Waals surface area contributed by atoms with Crippen LogP contribution in [0.25, 0.3) is 0 Å². The number of nitrogens with one attached hydrogen (secondary N) is 2. The first-order valence-electron chi connectivity index (χ1n) is 12.6. The van der Waals surface area contributed by atoms with Gasteiger partial charge in [0.15, 0.2) is 0 Å². The maximum absolute atomic E-state index is 12.7. The monoisotopic (exact) mass is 447 g/mol. The number of phenolic OH excluding ortho intramolecular Hbond substituents is 1. The van der Waals surface area contributed by atoms with Crippen LogP contribution in [0.5, 0.6) is 5.75 Å². The molecule has 0 heterocycles. The molecule has 0 aliphatic heterocycles. The highest BCUT2D eigenvalue weighted by molar-refractivity contribution is 5.87. The second kappa shape index (κ2) is 18.5. The summed E-state index contributed by atoms with van der Waals surface area (Å²) in [6, 6.07) is 6.16. The molecule has 1 aromatic rings. The van der Waals surface area contributed by atoms with Gasteiger partial charge in [0.05, 0.1) is 0 Å². The summed E-state index contributed by atoms with van der Waals surface area (Å²) in [5.41, 5.74) is 6.41. The molecular weight excluding hydrogens is 402 g/mol. The lowest BCUT2D eigenvalue weighted by molar-refractivity contribution is -0.129. The Hall–Kier alpha value is -2.08. The number of amides is 2. The fourth-order valence-electron chi connectivity index (χ4n) is 3.77. The number of carbonyl (C=O) groups excluding carboxylic acids is 2. The lowest BCUT2D eigenvalue weighted by Gasteiger charge is -2.19. The summed E-state index contributed by atoms with van der Waals surface area (Å²) in [4.78, 5) is 24.7. The van der Waals surface area contributed by atoms with Crippen LogP contribution in [-0.2, 0) is 16.0 Å². The second-order valence-electron chi connectivity index (χ2n) is 8.71. The molecule has 0 aromatic heterocycles. The predicted molar refractivity (Wildman–Crippen MR) is 132 cm³/mol. The highest BCUT2D eigenvalue weighted by atomic mass is 16.3. The average molecular weight is 448 g/mol. The van der Waals surface area contributed by atoms with Crippen molar-refractivity contribution in [3.63, 3.8) is 0 Å². The van der Waals surface area contributed by atoms with Crippen molar-refractivity contribution < 1.29 is 14.7 Å². The summed E-state index contributed by atoms with van der Waals surface area (Å²) in [6.07, 6.45) is 15.1. The Morgan fingerprint density at radius 2 is 1.41 bits per heavy atom. The molecule has 0 bridgehead atoms. The van der Waals surface area contributed by atoms with Crippen molar-refractivity contribution in [1.82, 2.24) is 10.6 Å². The van der Waals surface area contributed by atoms with E-state index in [2.05, 4.69) is 10.6 Å². The fraction of sp³-hybridized carbons (Fsp3) is 0.692. The largest absolute Gasteiger partial charge is 0.508 e. The number of hydrogen-bond acceptors (Lipinski definition) is 4. The van der Waals surface area contributed by atoms with Crippen molar-refractivity contribution >= 4 is 11.8 Å². The molecule has 32 heavy (non-hydrogen) atoms. The summed E-state index contributed by atoms with van der Waals surface area (Å²) in [5, 5.41) is 15.3. The number of nitrogens with two attached hydrogens (primary N) is 1. The van der Waals surface area contributed by atoms with Gasteiger partial charge in [0, 0.05) is 19.4 Å². The van der Waals surface area contributed by atoms with Crippen LogP contribution in [0.4, 0.5) is 0 Å². The minimum absolute atomic E-state index is 0.106. The smallest absolute Gasteiger partial charge is 0.242 e. The predicted octanol–water partition coefficient (Wildman–Crippen LogP) is 4.59. The van der Waals surface area contributed by atoms with Crippen LogP contribution >= 0.6 is 0 Å². The Balaban J connectivity index is 2.21. The van der Waals surface area contributed by atoms with Crippen LogP contribution in [0.3, 0.4) is 0 Å². The Kier molecular flexibility index (Phi) is 16.1. The van der Waals surface area contributed by atoms with Gasteiger partial charge >= 0.3 is 0 Å². The first kappa shape index (κ1) is 28.0. The molecule has 6 heteroatoms. The van der Waals surface area contributed by atoms with E-state index in [0.717, 1.165) is 37.8 Å². The molecule has 1 aromatic carbocycles. The summed E-state index contributed by atoms with van der Waals surface area (Å²) in [7, 11) is 0. The molecule has 0 saturated heterocycles.